The van der Waals surface area contributed by atoms with E-state index in [4.69, 9.17) is 4.52 Å². The van der Waals surface area contributed by atoms with Gasteiger partial charge >= 0.3 is 5.97 Å². The summed E-state index contributed by atoms with van der Waals surface area (Å²) in [4.78, 5) is 17.4. The average molecular weight is 283 g/mol. The SMILES string of the molecule is CN(C)c1noc(-c2cccc3cccc(C(=O)O)c23)n1. The van der Waals surface area contributed by atoms with E-state index in [0.717, 1.165) is 5.39 Å². The number of aromatic carboxylic acids is 1. The largest absolute Gasteiger partial charge is 0.478 e. The van der Waals surface area contributed by atoms with Gasteiger partial charge in [0.15, 0.2) is 0 Å². The van der Waals surface area contributed by atoms with Gasteiger partial charge in [0.05, 0.1) is 5.56 Å². The van der Waals surface area contributed by atoms with Crippen molar-refractivity contribution >= 4 is 22.7 Å². The highest BCUT2D eigenvalue weighted by atomic mass is 16.5. The topological polar surface area (TPSA) is 79.5 Å². The number of fused-ring (bicyclic) bond motifs is 1. The number of rotatable bonds is 3. The molecule has 0 saturated carbocycles. The third kappa shape index (κ3) is 2.20. The first-order valence-corrected chi connectivity index (χ1v) is 6.34. The minimum atomic E-state index is -0.986. The zero-order valence-electron chi connectivity index (χ0n) is 11.6. The van der Waals surface area contributed by atoms with E-state index in [1.807, 2.05) is 18.2 Å². The molecule has 106 valence electrons. The molecule has 0 amide bonds. The quantitative estimate of drug-likeness (QED) is 0.796. The van der Waals surface area contributed by atoms with Crippen molar-refractivity contribution in [2.75, 3.05) is 19.0 Å². The van der Waals surface area contributed by atoms with Crippen molar-refractivity contribution in [3.63, 3.8) is 0 Å². The van der Waals surface area contributed by atoms with E-state index in [1.54, 1.807) is 37.2 Å². The Hall–Kier alpha value is -2.89. The maximum Gasteiger partial charge on any atom is 0.336 e. The molecule has 0 fully saturated rings. The Bertz CT molecular complexity index is 819. The summed E-state index contributed by atoms with van der Waals surface area (Å²) < 4.78 is 5.26. The molecule has 0 atom stereocenters. The van der Waals surface area contributed by atoms with E-state index >= 15 is 0 Å². The summed E-state index contributed by atoms with van der Waals surface area (Å²) in [5.41, 5.74) is 0.832. The van der Waals surface area contributed by atoms with Crippen molar-refractivity contribution < 1.29 is 14.4 Å². The number of carboxylic acid groups (broad SMARTS) is 1. The second kappa shape index (κ2) is 4.90. The Morgan fingerprint density at radius 2 is 1.90 bits per heavy atom. The van der Waals surface area contributed by atoms with E-state index in [1.165, 1.54) is 0 Å². The first kappa shape index (κ1) is 13.1. The van der Waals surface area contributed by atoms with Crippen molar-refractivity contribution in [3.8, 4) is 11.5 Å². The molecule has 2 aromatic carbocycles. The lowest BCUT2D eigenvalue weighted by Gasteiger charge is -2.06. The van der Waals surface area contributed by atoms with Crippen molar-refractivity contribution in [2.24, 2.45) is 0 Å². The lowest BCUT2D eigenvalue weighted by molar-refractivity contribution is 0.0699. The molecule has 0 bridgehead atoms. The van der Waals surface area contributed by atoms with Crippen molar-refractivity contribution in [2.45, 2.75) is 0 Å². The number of nitrogens with zero attached hydrogens (tertiary/aromatic N) is 3. The summed E-state index contributed by atoms with van der Waals surface area (Å²) in [6.45, 7) is 0. The third-order valence-corrected chi connectivity index (χ3v) is 3.18. The van der Waals surface area contributed by atoms with Gasteiger partial charge in [-0.3, -0.25) is 0 Å². The third-order valence-electron chi connectivity index (χ3n) is 3.18. The Morgan fingerprint density at radius 1 is 1.19 bits per heavy atom. The molecule has 3 aromatic rings. The van der Waals surface area contributed by atoms with Gasteiger partial charge in [0.1, 0.15) is 0 Å². The monoisotopic (exact) mass is 283 g/mol. The molecular formula is C15H13N3O3. The van der Waals surface area contributed by atoms with Crippen LogP contribution in [0.5, 0.6) is 0 Å². The fourth-order valence-electron chi connectivity index (χ4n) is 2.20. The van der Waals surface area contributed by atoms with Crippen LogP contribution in [0.15, 0.2) is 40.9 Å². The highest BCUT2D eigenvalue weighted by Crippen LogP contribution is 2.31. The Morgan fingerprint density at radius 3 is 2.52 bits per heavy atom. The smallest absolute Gasteiger partial charge is 0.336 e. The molecule has 1 aromatic heterocycles. The van der Waals surface area contributed by atoms with Gasteiger partial charge in [0.2, 0.25) is 0 Å². The predicted octanol–water partition coefficient (Wildman–Crippen LogP) is 2.65. The van der Waals surface area contributed by atoms with E-state index in [9.17, 15) is 9.90 Å². The van der Waals surface area contributed by atoms with Crippen molar-refractivity contribution in [1.82, 2.24) is 10.1 Å². The molecule has 0 aliphatic rings. The lowest BCUT2D eigenvalue weighted by atomic mass is 9.99. The molecule has 1 heterocycles. The van der Waals surface area contributed by atoms with Gasteiger partial charge in [-0.25, -0.2) is 4.79 Å². The van der Waals surface area contributed by atoms with Gasteiger partial charge in [-0.1, -0.05) is 24.3 Å². The molecule has 0 unspecified atom stereocenters. The lowest BCUT2D eigenvalue weighted by Crippen LogP contribution is -2.10. The second-order valence-electron chi connectivity index (χ2n) is 4.81. The summed E-state index contributed by atoms with van der Waals surface area (Å²) in [7, 11) is 3.61. The number of carbonyl (C=O) groups is 1. The van der Waals surface area contributed by atoms with Crippen LogP contribution in [-0.4, -0.2) is 35.3 Å². The highest BCUT2D eigenvalue weighted by Gasteiger charge is 2.17. The first-order valence-electron chi connectivity index (χ1n) is 6.34. The maximum atomic E-state index is 11.4. The molecular weight excluding hydrogens is 270 g/mol. The Balaban J connectivity index is 2.29. The van der Waals surface area contributed by atoms with Gasteiger partial charge < -0.3 is 14.5 Å². The fourth-order valence-corrected chi connectivity index (χ4v) is 2.20. The molecule has 1 N–H and O–H groups in total. The number of aromatic nitrogens is 2. The van der Waals surface area contributed by atoms with Crippen LogP contribution in [0.4, 0.5) is 5.95 Å². The fraction of sp³-hybridized carbons (Fsp3) is 0.133. The van der Waals surface area contributed by atoms with Gasteiger partial charge in [0, 0.05) is 25.0 Å². The number of anilines is 1. The summed E-state index contributed by atoms with van der Waals surface area (Å²) in [6, 6.07) is 10.6. The maximum absolute atomic E-state index is 11.4. The van der Waals surface area contributed by atoms with Crippen LogP contribution in [0.2, 0.25) is 0 Å². The number of hydrogen-bond donors (Lipinski definition) is 1. The Kier molecular flexibility index (Phi) is 3.06. The second-order valence-corrected chi connectivity index (χ2v) is 4.81. The number of carboxylic acids is 1. The average Bonchev–Trinajstić information content (AvgIpc) is 2.95. The van der Waals surface area contributed by atoms with E-state index in [0.29, 0.717) is 22.8 Å². The first-order chi connectivity index (χ1) is 10.1. The van der Waals surface area contributed by atoms with E-state index < -0.39 is 5.97 Å². The molecule has 0 aliphatic carbocycles. The molecule has 21 heavy (non-hydrogen) atoms. The predicted molar refractivity (Wildman–Crippen MR) is 78.5 cm³/mol. The molecule has 0 spiro atoms. The van der Waals surface area contributed by atoms with Crippen LogP contribution >= 0.6 is 0 Å². The molecule has 3 rings (SSSR count). The standard InChI is InChI=1S/C15H13N3O3/c1-18(2)15-16-13(21-17-15)10-7-3-5-9-6-4-8-11(12(9)10)14(19)20/h3-8H,1-2H3,(H,19,20). The van der Waals surface area contributed by atoms with E-state index in [2.05, 4.69) is 10.1 Å². The zero-order chi connectivity index (χ0) is 15.0. The molecule has 0 saturated heterocycles. The minimum absolute atomic E-state index is 0.215. The van der Waals surface area contributed by atoms with Crippen LogP contribution in [0.1, 0.15) is 10.4 Å². The highest BCUT2D eigenvalue weighted by molar-refractivity contribution is 6.09. The van der Waals surface area contributed by atoms with Gasteiger partial charge in [0.25, 0.3) is 11.8 Å². The summed E-state index contributed by atoms with van der Waals surface area (Å²) >= 11 is 0. The van der Waals surface area contributed by atoms with Gasteiger partial charge in [-0.05, 0) is 22.7 Å². The molecule has 0 radical (unpaired) electrons. The molecule has 0 aliphatic heterocycles. The number of benzene rings is 2. The number of hydrogen-bond acceptors (Lipinski definition) is 5. The van der Waals surface area contributed by atoms with E-state index in [-0.39, 0.29) is 5.56 Å². The van der Waals surface area contributed by atoms with Crippen molar-refractivity contribution in [3.05, 3.63) is 42.0 Å². The van der Waals surface area contributed by atoms with Gasteiger partial charge in [-0.15, -0.1) is 0 Å². The van der Waals surface area contributed by atoms with Gasteiger partial charge in [-0.2, -0.15) is 4.98 Å². The Labute approximate surface area is 120 Å². The van der Waals surface area contributed by atoms with Crippen LogP contribution in [0, 0.1) is 0 Å². The van der Waals surface area contributed by atoms with Crippen LogP contribution in [0.3, 0.4) is 0 Å². The van der Waals surface area contributed by atoms with Crippen molar-refractivity contribution in [1.29, 1.82) is 0 Å². The van der Waals surface area contributed by atoms with Crippen LogP contribution < -0.4 is 4.90 Å². The normalized spacial score (nSPS) is 10.8. The van der Waals surface area contributed by atoms with Crippen LogP contribution in [0.25, 0.3) is 22.2 Å². The molecule has 6 nitrogen and oxygen atoms in total. The summed E-state index contributed by atoms with van der Waals surface area (Å²) in [5, 5.41) is 14.7. The summed E-state index contributed by atoms with van der Waals surface area (Å²) in [5.74, 6) is -0.242. The van der Waals surface area contributed by atoms with Crippen LogP contribution in [-0.2, 0) is 0 Å². The minimum Gasteiger partial charge on any atom is -0.478 e. The summed E-state index contributed by atoms with van der Waals surface area (Å²) in [6.07, 6.45) is 0. The molecule has 6 heteroatoms. The zero-order valence-corrected chi connectivity index (χ0v) is 11.6.